The molecule has 2 aliphatic rings. The Balaban J connectivity index is 1.25. The van der Waals surface area contributed by atoms with Gasteiger partial charge in [-0.25, -0.2) is 4.79 Å². The third-order valence-electron chi connectivity index (χ3n) is 7.32. The van der Waals surface area contributed by atoms with Gasteiger partial charge < -0.3 is 14.5 Å². The van der Waals surface area contributed by atoms with Crippen LogP contribution in [-0.4, -0.2) is 65.0 Å². The number of amides is 2. The van der Waals surface area contributed by atoms with Crippen molar-refractivity contribution in [1.82, 2.24) is 14.7 Å². The Kier molecular flexibility index (Phi) is 7.88. The molecule has 0 bridgehead atoms. The van der Waals surface area contributed by atoms with Crippen molar-refractivity contribution in [3.05, 3.63) is 71.3 Å². The van der Waals surface area contributed by atoms with Crippen LogP contribution in [-0.2, 0) is 22.7 Å². The van der Waals surface area contributed by atoms with Gasteiger partial charge in [-0.3, -0.25) is 9.69 Å². The van der Waals surface area contributed by atoms with E-state index in [0.29, 0.717) is 24.6 Å². The molecule has 34 heavy (non-hydrogen) atoms. The molecule has 2 unspecified atom stereocenters. The standard InChI is InChI=1S/C28H37N3O3/c1-21-17-30(23(3)32)18-22(2)31(21)19-24-9-11-26(12-10-24)27-13-15-29(16-14-27)28(33)34-20-25-7-5-4-6-8-25/h4-12,21-22,27H,13-20H2,1-3H3. The Morgan fingerprint density at radius 2 is 1.47 bits per heavy atom. The lowest BCUT2D eigenvalue weighted by molar-refractivity contribution is -0.133. The Bertz CT molecular complexity index is 943. The van der Waals surface area contributed by atoms with Crippen LogP contribution in [0, 0.1) is 0 Å². The molecule has 2 fully saturated rings. The van der Waals surface area contributed by atoms with Gasteiger partial charge in [0.25, 0.3) is 0 Å². The fourth-order valence-electron chi connectivity index (χ4n) is 5.24. The quantitative estimate of drug-likeness (QED) is 0.648. The van der Waals surface area contributed by atoms with Crippen LogP contribution < -0.4 is 0 Å². The van der Waals surface area contributed by atoms with E-state index < -0.39 is 0 Å². The van der Waals surface area contributed by atoms with E-state index >= 15 is 0 Å². The molecule has 0 spiro atoms. The predicted molar refractivity (Wildman–Crippen MR) is 133 cm³/mol. The molecule has 0 saturated carbocycles. The number of likely N-dealkylation sites (tertiary alicyclic amines) is 1. The zero-order chi connectivity index (χ0) is 24.1. The van der Waals surface area contributed by atoms with Gasteiger partial charge in [0, 0.05) is 51.7 Å². The minimum absolute atomic E-state index is 0.165. The summed E-state index contributed by atoms with van der Waals surface area (Å²) in [6.07, 6.45) is 1.70. The second kappa shape index (κ2) is 11.0. The highest BCUT2D eigenvalue weighted by atomic mass is 16.6. The van der Waals surface area contributed by atoms with Crippen molar-refractivity contribution < 1.29 is 14.3 Å². The summed E-state index contributed by atoms with van der Waals surface area (Å²) in [4.78, 5) is 30.5. The van der Waals surface area contributed by atoms with Gasteiger partial charge in [-0.05, 0) is 49.3 Å². The third kappa shape index (κ3) is 5.98. The summed E-state index contributed by atoms with van der Waals surface area (Å²) in [5, 5.41) is 0. The molecule has 4 rings (SSSR count). The van der Waals surface area contributed by atoms with Gasteiger partial charge in [0.05, 0.1) is 0 Å². The maximum Gasteiger partial charge on any atom is 0.410 e. The third-order valence-corrected chi connectivity index (χ3v) is 7.32. The minimum atomic E-state index is -0.217. The van der Waals surface area contributed by atoms with Crippen LogP contribution >= 0.6 is 0 Å². The first-order valence-corrected chi connectivity index (χ1v) is 12.5. The van der Waals surface area contributed by atoms with Crippen LogP contribution in [0.25, 0.3) is 0 Å². The number of piperazine rings is 1. The van der Waals surface area contributed by atoms with E-state index in [9.17, 15) is 9.59 Å². The van der Waals surface area contributed by atoms with E-state index in [-0.39, 0.29) is 12.0 Å². The van der Waals surface area contributed by atoms with Crippen molar-refractivity contribution in [2.45, 2.75) is 64.8 Å². The summed E-state index contributed by atoms with van der Waals surface area (Å²) in [7, 11) is 0. The Labute approximate surface area is 203 Å². The summed E-state index contributed by atoms with van der Waals surface area (Å²) in [5.74, 6) is 0.641. The number of nitrogens with zero attached hydrogens (tertiary/aromatic N) is 3. The number of rotatable bonds is 5. The molecule has 2 aromatic carbocycles. The first-order chi connectivity index (χ1) is 16.4. The lowest BCUT2D eigenvalue weighted by Crippen LogP contribution is -2.57. The molecular formula is C28H37N3O3. The van der Waals surface area contributed by atoms with Crippen LogP contribution in [0.1, 0.15) is 56.2 Å². The second-order valence-electron chi connectivity index (χ2n) is 9.84. The lowest BCUT2D eigenvalue weighted by atomic mass is 9.89. The zero-order valence-corrected chi connectivity index (χ0v) is 20.7. The maximum atomic E-state index is 12.4. The van der Waals surface area contributed by atoms with E-state index in [1.165, 1.54) is 11.1 Å². The number of ether oxygens (including phenoxy) is 1. The Morgan fingerprint density at radius 1 is 0.853 bits per heavy atom. The largest absolute Gasteiger partial charge is 0.445 e. The van der Waals surface area contributed by atoms with E-state index in [1.54, 1.807) is 6.92 Å². The van der Waals surface area contributed by atoms with Gasteiger partial charge in [-0.15, -0.1) is 0 Å². The fourth-order valence-corrected chi connectivity index (χ4v) is 5.24. The second-order valence-corrected chi connectivity index (χ2v) is 9.84. The van der Waals surface area contributed by atoms with Crippen LogP contribution in [0.2, 0.25) is 0 Å². The Morgan fingerprint density at radius 3 is 2.06 bits per heavy atom. The molecule has 6 heteroatoms. The summed E-state index contributed by atoms with van der Waals surface area (Å²) in [6.45, 7) is 10.4. The molecular weight excluding hydrogens is 426 g/mol. The smallest absolute Gasteiger partial charge is 0.410 e. The molecule has 0 aliphatic carbocycles. The van der Waals surface area contributed by atoms with E-state index in [2.05, 4.69) is 43.0 Å². The molecule has 2 amide bonds. The fraction of sp³-hybridized carbons (Fsp3) is 0.500. The minimum Gasteiger partial charge on any atom is -0.445 e. The van der Waals surface area contributed by atoms with Crippen molar-refractivity contribution in [2.75, 3.05) is 26.2 Å². The number of benzene rings is 2. The molecule has 2 atom stereocenters. The van der Waals surface area contributed by atoms with E-state index in [0.717, 1.165) is 51.1 Å². The SMILES string of the molecule is CC(=O)N1CC(C)N(Cc2ccc(C3CCN(C(=O)OCc4ccccc4)CC3)cc2)C(C)C1. The zero-order valence-electron chi connectivity index (χ0n) is 20.7. The molecule has 2 aliphatic heterocycles. The topological polar surface area (TPSA) is 53.1 Å². The van der Waals surface area contributed by atoms with Gasteiger partial charge in [-0.1, -0.05) is 54.6 Å². The van der Waals surface area contributed by atoms with E-state index in [1.807, 2.05) is 40.1 Å². The van der Waals surface area contributed by atoms with Gasteiger partial charge in [-0.2, -0.15) is 0 Å². The van der Waals surface area contributed by atoms with Gasteiger partial charge in [0.1, 0.15) is 6.61 Å². The number of hydrogen-bond donors (Lipinski definition) is 0. The summed E-state index contributed by atoms with van der Waals surface area (Å²) >= 11 is 0. The average molecular weight is 464 g/mol. The first-order valence-electron chi connectivity index (χ1n) is 12.5. The van der Waals surface area contributed by atoms with E-state index in [4.69, 9.17) is 4.74 Å². The number of carbonyl (C=O) groups excluding carboxylic acids is 2. The highest BCUT2D eigenvalue weighted by Gasteiger charge is 2.30. The highest BCUT2D eigenvalue weighted by molar-refractivity contribution is 5.73. The molecule has 2 saturated heterocycles. The molecule has 182 valence electrons. The van der Waals surface area contributed by atoms with Gasteiger partial charge in [0.15, 0.2) is 0 Å². The lowest BCUT2D eigenvalue weighted by Gasteiger charge is -2.44. The highest BCUT2D eigenvalue weighted by Crippen LogP contribution is 2.29. The summed E-state index contributed by atoms with van der Waals surface area (Å²) in [5.41, 5.74) is 3.67. The molecule has 2 aromatic rings. The molecule has 0 radical (unpaired) electrons. The molecule has 0 aromatic heterocycles. The van der Waals surface area contributed by atoms with Crippen LogP contribution in [0.4, 0.5) is 4.79 Å². The average Bonchev–Trinajstić information content (AvgIpc) is 2.85. The number of carbonyl (C=O) groups is 2. The molecule has 2 heterocycles. The Hall–Kier alpha value is -2.86. The van der Waals surface area contributed by atoms with Gasteiger partial charge >= 0.3 is 6.09 Å². The van der Waals surface area contributed by atoms with Crippen molar-refractivity contribution in [3.63, 3.8) is 0 Å². The summed E-state index contributed by atoms with van der Waals surface area (Å²) in [6, 6.07) is 19.5. The first kappa shape index (κ1) is 24.3. The normalized spacial score (nSPS) is 22.0. The summed E-state index contributed by atoms with van der Waals surface area (Å²) < 4.78 is 5.49. The van der Waals surface area contributed by atoms with Crippen molar-refractivity contribution in [1.29, 1.82) is 0 Å². The predicted octanol–water partition coefficient (Wildman–Crippen LogP) is 4.64. The van der Waals surface area contributed by atoms with Crippen molar-refractivity contribution in [3.8, 4) is 0 Å². The van der Waals surface area contributed by atoms with Crippen LogP contribution in [0.15, 0.2) is 54.6 Å². The number of hydrogen-bond acceptors (Lipinski definition) is 4. The monoisotopic (exact) mass is 463 g/mol. The molecule has 6 nitrogen and oxygen atoms in total. The van der Waals surface area contributed by atoms with Crippen LogP contribution in [0.5, 0.6) is 0 Å². The van der Waals surface area contributed by atoms with Crippen molar-refractivity contribution >= 4 is 12.0 Å². The maximum absolute atomic E-state index is 12.4. The number of piperidine rings is 1. The molecule has 0 N–H and O–H groups in total. The van der Waals surface area contributed by atoms with Crippen molar-refractivity contribution in [2.24, 2.45) is 0 Å². The van der Waals surface area contributed by atoms with Gasteiger partial charge in [0.2, 0.25) is 5.91 Å². The van der Waals surface area contributed by atoms with Crippen LogP contribution in [0.3, 0.4) is 0 Å².